The molecule has 2 aromatic heterocycles. The zero-order chi connectivity index (χ0) is 20.4. The number of thiophene rings is 1. The molecular formula is C23H22FN3OS. The fraction of sp³-hybridized carbons (Fsp3) is 0.217. The summed E-state index contributed by atoms with van der Waals surface area (Å²) in [6.07, 6.45) is 1.80. The maximum atomic E-state index is 13.2. The number of nitrogens with zero attached hydrogens (tertiary/aromatic N) is 2. The Morgan fingerprint density at radius 3 is 2.62 bits per heavy atom. The van der Waals surface area contributed by atoms with E-state index < -0.39 is 0 Å². The van der Waals surface area contributed by atoms with Gasteiger partial charge in [0.15, 0.2) is 0 Å². The SMILES string of the molecule is Cc1nn(-c2ccc(F)cc2)c2sc(C(=O)N[C@@H](C)CCc3ccccc3)cc12. The maximum absolute atomic E-state index is 13.2. The molecule has 0 fully saturated rings. The van der Waals surface area contributed by atoms with Crippen LogP contribution in [0.15, 0.2) is 60.7 Å². The van der Waals surface area contributed by atoms with Gasteiger partial charge in [-0.05, 0) is 62.6 Å². The van der Waals surface area contributed by atoms with Crippen LogP contribution in [-0.2, 0) is 6.42 Å². The third kappa shape index (κ3) is 4.22. The van der Waals surface area contributed by atoms with Gasteiger partial charge >= 0.3 is 0 Å². The summed E-state index contributed by atoms with van der Waals surface area (Å²) < 4.78 is 15.0. The van der Waals surface area contributed by atoms with Gasteiger partial charge < -0.3 is 5.32 Å². The summed E-state index contributed by atoms with van der Waals surface area (Å²) in [5.41, 5.74) is 2.89. The molecule has 0 unspecified atom stereocenters. The Morgan fingerprint density at radius 2 is 1.90 bits per heavy atom. The van der Waals surface area contributed by atoms with Crippen molar-refractivity contribution in [3.63, 3.8) is 0 Å². The number of hydrogen-bond acceptors (Lipinski definition) is 3. The molecule has 0 saturated carbocycles. The van der Waals surface area contributed by atoms with Crippen LogP contribution in [0.1, 0.15) is 34.3 Å². The van der Waals surface area contributed by atoms with Crippen LogP contribution in [0.4, 0.5) is 4.39 Å². The van der Waals surface area contributed by atoms with Crippen molar-refractivity contribution in [3.05, 3.63) is 82.6 Å². The Balaban J connectivity index is 1.49. The van der Waals surface area contributed by atoms with Crippen LogP contribution in [0.25, 0.3) is 15.9 Å². The van der Waals surface area contributed by atoms with E-state index in [1.165, 1.54) is 29.0 Å². The average molecular weight is 408 g/mol. The van der Waals surface area contributed by atoms with E-state index in [9.17, 15) is 9.18 Å². The molecule has 1 N–H and O–H groups in total. The number of amides is 1. The van der Waals surface area contributed by atoms with Gasteiger partial charge in [0.05, 0.1) is 16.3 Å². The van der Waals surface area contributed by atoms with Crippen molar-refractivity contribution in [2.45, 2.75) is 32.7 Å². The summed E-state index contributed by atoms with van der Waals surface area (Å²) >= 11 is 1.40. The molecule has 6 heteroatoms. The van der Waals surface area contributed by atoms with Gasteiger partial charge in [-0.15, -0.1) is 11.3 Å². The molecule has 1 amide bonds. The van der Waals surface area contributed by atoms with Gasteiger partial charge in [-0.1, -0.05) is 30.3 Å². The molecule has 0 aliphatic rings. The van der Waals surface area contributed by atoms with E-state index in [2.05, 4.69) is 22.5 Å². The lowest BCUT2D eigenvalue weighted by molar-refractivity contribution is 0.0942. The first kappa shape index (κ1) is 19.3. The molecule has 1 atom stereocenters. The van der Waals surface area contributed by atoms with Crippen LogP contribution in [0.5, 0.6) is 0 Å². The third-order valence-corrected chi connectivity index (χ3v) is 6.04. The van der Waals surface area contributed by atoms with E-state index in [0.29, 0.717) is 4.88 Å². The quantitative estimate of drug-likeness (QED) is 0.472. The molecule has 0 radical (unpaired) electrons. The van der Waals surface area contributed by atoms with E-state index in [1.54, 1.807) is 16.8 Å². The van der Waals surface area contributed by atoms with E-state index >= 15 is 0 Å². The molecule has 4 aromatic rings. The van der Waals surface area contributed by atoms with Gasteiger partial charge in [0.2, 0.25) is 0 Å². The highest BCUT2D eigenvalue weighted by molar-refractivity contribution is 7.20. The van der Waals surface area contributed by atoms with Gasteiger partial charge in [0.1, 0.15) is 10.6 Å². The normalized spacial score (nSPS) is 12.2. The molecule has 0 aliphatic heterocycles. The number of aromatic nitrogens is 2. The summed E-state index contributed by atoms with van der Waals surface area (Å²) in [5, 5.41) is 8.59. The minimum atomic E-state index is -0.287. The minimum Gasteiger partial charge on any atom is -0.349 e. The molecule has 0 bridgehead atoms. The Kier molecular flexibility index (Phi) is 5.45. The van der Waals surface area contributed by atoms with Crippen molar-refractivity contribution in [2.75, 3.05) is 0 Å². The first-order chi connectivity index (χ1) is 14.0. The van der Waals surface area contributed by atoms with Gasteiger partial charge in [-0.25, -0.2) is 9.07 Å². The molecule has 0 saturated heterocycles. The zero-order valence-corrected chi connectivity index (χ0v) is 17.2. The molecule has 2 heterocycles. The number of fused-ring (bicyclic) bond motifs is 1. The summed E-state index contributed by atoms with van der Waals surface area (Å²) in [7, 11) is 0. The van der Waals surface area contributed by atoms with Gasteiger partial charge in [0.25, 0.3) is 5.91 Å². The highest BCUT2D eigenvalue weighted by atomic mass is 32.1. The smallest absolute Gasteiger partial charge is 0.261 e. The van der Waals surface area contributed by atoms with Crippen molar-refractivity contribution in [2.24, 2.45) is 0 Å². The van der Waals surface area contributed by atoms with Crippen LogP contribution in [-0.4, -0.2) is 21.7 Å². The van der Waals surface area contributed by atoms with Crippen LogP contribution < -0.4 is 5.32 Å². The molecule has 2 aromatic carbocycles. The largest absolute Gasteiger partial charge is 0.349 e. The number of rotatable bonds is 6. The van der Waals surface area contributed by atoms with Gasteiger partial charge in [-0.2, -0.15) is 5.10 Å². The second kappa shape index (κ2) is 8.17. The average Bonchev–Trinajstić information content (AvgIpc) is 3.29. The first-order valence-electron chi connectivity index (χ1n) is 9.61. The molecule has 148 valence electrons. The number of hydrogen-bond donors (Lipinski definition) is 1. The zero-order valence-electron chi connectivity index (χ0n) is 16.4. The van der Waals surface area contributed by atoms with Crippen LogP contribution in [0.3, 0.4) is 0 Å². The number of carbonyl (C=O) groups is 1. The second-order valence-electron chi connectivity index (χ2n) is 7.20. The standard InChI is InChI=1S/C23H22FN3OS/c1-15(8-9-17-6-4-3-5-7-17)25-22(28)21-14-20-16(2)26-27(23(20)29-21)19-12-10-18(24)11-13-19/h3-7,10-15H,8-9H2,1-2H3,(H,25,28)/t15-/m0/s1. The predicted octanol–water partition coefficient (Wildman–Crippen LogP) is 5.29. The van der Waals surface area contributed by atoms with Crippen molar-refractivity contribution in [1.82, 2.24) is 15.1 Å². The van der Waals surface area contributed by atoms with Gasteiger partial charge in [0, 0.05) is 11.4 Å². The van der Waals surface area contributed by atoms with Gasteiger partial charge in [-0.3, -0.25) is 4.79 Å². The monoisotopic (exact) mass is 407 g/mol. The minimum absolute atomic E-state index is 0.0719. The Bertz CT molecular complexity index is 1130. The lowest BCUT2D eigenvalue weighted by Gasteiger charge is -2.13. The number of nitrogens with one attached hydrogen (secondary N) is 1. The number of halogens is 1. The molecule has 0 aliphatic carbocycles. The van der Waals surface area contributed by atoms with Crippen LogP contribution in [0, 0.1) is 12.7 Å². The highest BCUT2D eigenvalue weighted by Crippen LogP contribution is 2.30. The molecule has 0 spiro atoms. The summed E-state index contributed by atoms with van der Waals surface area (Å²) in [4.78, 5) is 14.3. The molecule has 4 nitrogen and oxygen atoms in total. The predicted molar refractivity (Wildman–Crippen MR) is 115 cm³/mol. The van der Waals surface area contributed by atoms with Crippen molar-refractivity contribution < 1.29 is 9.18 Å². The highest BCUT2D eigenvalue weighted by Gasteiger charge is 2.18. The van der Waals surface area contributed by atoms with E-state index in [1.807, 2.05) is 38.1 Å². The Hall–Kier alpha value is -2.99. The van der Waals surface area contributed by atoms with Crippen molar-refractivity contribution in [1.29, 1.82) is 0 Å². The Labute approximate surface area is 173 Å². The maximum Gasteiger partial charge on any atom is 0.261 e. The summed E-state index contributed by atoms with van der Waals surface area (Å²) in [6.45, 7) is 3.94. The number of benzene rings is 2. The lowest BCUT2D eigenvalue weighted by Crippen LogP contribution is -2.32. The number of aryl methyl sites for hydroxylation is 2. The summed E-state index contributed by atoms with van der Waals surface area (Å²) in [6, 6.07) is 18.4. The fourth-order valence-electron chi connectivity index (χ4n) is 3.31. The molecule has 29 heavy (non-hydrogen) atoms. The Morgan fingerprint density at radius 1 is 1.17 bits per heavy atom. The summed E-state index contributed by atoms with van der Waals surface area (Å²) in [5.74, 6) is -0.360. The van der Waals surface area contributed by atoms with Crippen LogP contribution in [0.2, 0.25) is 0 Å². The van der Waals surface area contributed by atoms with Crippen LogP contribution >= 0.6 is 11.3 Å². The third-order valence-electron chi connectivity index (χ3n) is 4.93. The molecular weight excluding hydrogens is 385 g/mol. The first-order valence-corrected chi connectivity index (χ1v) is 10.4. The number of carbonyl (C=O) groups excluding carboxylic acids is 1. The van der Waals surface area contributed by atoms with E-state index in [-0.39, 0.29) is 17.8 Å². The lowest BCUT2D eigenvalue weighted by atomic mass is 10.1. The fourth-order valence-corrected chi connectivity index (χ4v) is 4.40. The topological polar surface area (TPSA) is 46.9 Å². The van der Waals surface area contributed by atoms with E-state index in [4.69, 9.17) is 0 Å². The van der Waals surface area contributed by atoms with Crippen molar-refractivity contribution >= 4 is 27.5 Å². The molecule has 4 rings (SSSR count). The van der Waals surface area contributed by atoms with Crippen molar-refractivity contribution in [3.8, 4) is 5.69 Å². The van der Waals surface area contributed by atoms with E-state index in [0.717, 1.165) is 34.4 Å². The second-order valence-corrected chi connectivity index (χ2v) is 8.23.